The largest absolute Gasteiger partial charge is 0.379 e. The summed E-state index contributed by atoms with van der Waals surface area (Å²) in [5.41, 5.74) is 2.79. The van der Waals surface area contributed by atoms with E-state index in [0.29, 0.717) is 18.1 Å². The second-order valence-electron chi connectivity index (χ2n) is 6.15. The van der Waals surface area contributed by atoms with E-state index in [1.165, 1.54) is 24.0 Å². The molecule has 1 aliphatic rings. The molecule has 106 valence electrons. The Morgan fingerprint density at radius 3 is 2.58 bits per heavy atom. The van der Waals surface area contributed by atoms with Crippen LogP contribution in [0.2, 0.25) is 0 Å². The molecule has 0 aliphatic heterocycles. The summed E-state index contributed by atoms with van der Waals surface area (Å²) < 4.78 is 5.74. The van der Waals surface area contributed by atoms with E-state index in [9.17, 15) is 0 Å². The van der Waals surface area contributed by atoms with E-state index in [0.717, 1.165) is 12.3 Å². The fourth-order valence-electron chi connectivity index (χ4n) is 2.93. The van der Waals surface area contributed by atoms with E-state index < -0.39 is 0 Å². The summed E-state index contributed by atoms with van der Waals surface area (Å²) in [5.74, 6) is 1.43. The van der Waals surface area contributed by atoms with Crippen molar-refractivity contribution in [3.8, 4) is 0 Å². The molecule has 2 atom stereocenters. The van der Waals surface area contributed by atoms with Crippen LogP contribution in [0.15, 0.2) is 24.3 Å². The summed E-state index contributed by atoms with van der Waals surface area (Å²) in [6, 6.07) is 9.28. The fourth-order valence-corrected chi connectivity index (χ4v) is 2.93. The molecule has 2 nitrogen and oxygen atoms in total. The summed E-state index contributed by atoms with van der Waals surface area (Å²) in [6.45, 7) is 4.54. The molecule has 1 fully saturated rings. The molecule has 1 N–H and O–H groups in total. The van der Waals surface area contributed by atoms with Crippen molar-refractivity contribution < 1.29 is 4.74 Å². The van der Waals surface area contributed by atoms with Gasteiger partial charge in [0.15, 0.2) is 0 Å². The highest BCUT2D eigenvalue weighted by Gasteiger charge is 2.36. The van der Waals surface area contributed by atoms with Gasteiger partial charge in [0.25, 0.3) is 0 Å². The van der Waals surface area contributed by atoms with Crippen molar-refractivity contribution in [3.05, 3.63) is 35.4 Å². The molecule has 0 radical (unpaired) electrons. The molecule has 1 aliphatic carbocycles. The molecule has 1 aromatic carbocycles. The lowest BCUT2D eigenvalue weighted by Crippen LogP contribution is -2.32. The Hall–Kier alpha value is -0.860. The third-order valence-corrected chi connectivity index (χ3v) is 3.95. The highest BCUT2D eigenvalue weighted by Crippen LogP contribution is 2.39. The van der Waals surface area contributed by atoms with Gasteiger partial charge in [0.1, 0.15) is 0 Å². The zero-order valence-corrected chi connectivity index (χ0v) is 12.6. The predicted octanol–water partition coefficient (Wildman–Crippen LogP) is 3.57. The number of benzene rings is 1. The average molecular weight is 261 g/mol. The lowest BCUT2D eigenvalue weighted by atomic mass is 9.94. The number of methoxy groups -OCH3 is 1. The summed E-state index contributed by atoms with van der Waals surface area (Å²) in [4.78, 5) is 0. The number of nitrogens with one attached hydrogen (secondary N) is 1. The van der Waals surface area contributed by atoms with Crippen LogP contribution in [0.4, 0.5) is 0 Å². The van der Waals surface area contributed by atoms with Crippen molar-refractivity contribution in [1.82, 2.24) is 5.32 Å². The van der Waals surface area contributed by atoms with Gasteiger partial charge in [0, 0.05) is 7.11 Å². The normalized spacial score (nSPS) is 18.6. The zero-order chi connectivity index (χ0) is 13.8. The van der Waals surface area contributed by atoms with Crippen molar-refractivity contribution in [1.29, 1.82) is 0 Å². The molecule has 1 aromatic rings. The SMILES string of the molecule is CNC(c1cccc(CC(C)C)c1)C(OC)C1CC1. The van der Waals surface area contributed by atoms with Gasteiger partial charge >= 0.3 is 0 Å². The van der Waals surface area contributed by atoms with Gasteiger partial charge in [-0.3, -0.25) is 0 Å². The van der Waals surface area contributed by atoms with Crippen LogP contribution in [0, 0.1) is 11.8 Å². The van der Waals surface area contributed by atoms with Gasteiger partial charge < -0.3 is 10.1 Å². The molecule has 0 heterocycles. The van der Waals surface area contributed by atoms with Crippen LogP contribution >= 0.6 is 0 Å². The number of ether oxygens (including phenoxy) is 1. The Morgan fingerprint density at radius 1 is 1.32 bits per heavy atom. The molecule has 0 bridgehead atoms. The first-order chi connectivity index (χ1) is 9.15. The molecule has 0 aromatic heterocycles. The lowest BCUT2D eigenvalue weighted by molar-refractivity contribution is 0.0530. The number of rotatable bonds is 7. The minimum absolute atomic E-state index is 0.305. The first kappa shape index (κ1) is 14.5. The van der Waals surface area contributed by atoms with E-state index in [2.05, 4.69) is 43.4 Å². The molecule has 0 saturated heterocycles. The van der Waals surface area contributed by atoms with Gasteiger partial charge in [-0.2, -0.15) is 0 Å². The standard InChI is InChI=1S/C17H27NO/c1-12(2)10-13-6-5-7-15(11-13)16(18-3)17(19-4)14-8-9-14/h5-7,11-12,14,16-18H,8-10H2,1-4H3. The maximum Gasteiger partial charge on any atom is 0.0793 e. The van der Waals surface area contributed by atoms with Crippen molar-refractivity contribution in [3.63, 3.8) is 0 Å². The van der Waals surface area contributed by atoms with Gasteiger partial charge in [0.05, 0.1) is 12.1 Å². The molecule has 1 saturated carbocycles. The third kappa shape index (κ3) is 3.80. The molecular formula is C17H27NO. The van der Waals surface area contributed by atoms with Gasteiger partial charge in [-0.1, -0.05) is 38.1 Å². The van der Waals surface area contributed by atoms with Crippen LogP contribution in [0.5, 0.6) is 0 Å². The Morgan fingerprint density at radius 2 is 2.05 bits per heavy atom. The molecule has 2 unspecified atom stereocenters. The topological polar surface area (TPSA) is 21.3 Å². The average Bonchev–Trinajstić information content (AvgIpc) is 3.19. The van der Waals surface area contributed by atoms with E-state index in [1.807, 2.05) is 14.2 Å². The van der Waals surface area contributed by atoms with Crippen LogP contribution in [-0.4, -0.2) is 20.3 Å². The predicted molar refractivity (Wildman–Crippen MR) is 80.3 cm³/mol. The molecule has 2 heteroatoms. The molecule has 0 amide bonds. The highest BCUT2D eigenvalue weighted by atomic mass is 16.5. The second-order valence-corrected chi connectivity index (χ2v) is 6.15. The Labute approximate surface area is 117 Å². The quantitative estimate of drug-likeness (QED) is 0.810. The molecular weight excluding hydrogens is 234 g/mol. The van der Waals surface area contributed by atoms with Crippen molar-refractivity contribution in [2.24, 2.45) is 11.8 Å². The van der Waals surface area contributed by atoms with Crippen LogP contribution in [0.3, 0.4) is 0 Å². The molecule has 0 spiro atoms. The minimum atomic E-state index is 0.305. The van der Waals surface area contributed by atoms with E-state index >= 15 is 0 Å². The Kier molecular flexibility index (Phi) is 5.00. The van der Waals surface area contributed by atoms with E-state index in [4.69, 9.17) is 4.74 Å². The van der Waals surface area contributed by atoms with Crippen LogP contribution in [0.1, 0.15) is 43.9 Å². The smallest absolute Gasteiger partial charge is 0.0793 e. The van der Waals surface area contributed by atoms with Gasteiger partial charge in [-0.15, -0.1) is 0 Å². The van der Waals surface area contributed by atoms with Crippen molar-refractivity contribution >= 4 is 0 Å². The van der Waals surface area contributed by atoms with Crippen molar-refractivity contribution in [2.75, 3.05) is 14.2 Å². The number of likely N-dealkylation sites (N-methyl/N-ethyl adjacent to an activating group) is 1. The Bertz CT molecular complexity index is 398. The van der Waals surface area contributed by atoms with Crippen LogP contribution < -0.4 is 5.32 Å². The summed E-state index contributed by atoms with van der Waals surface area (Å²) >= 11 is 0. The maximum absolute atomic E-state index is 5.74. The highest BCUT2D eigenvalue weighted by molar-refractivity contribution is 5.27. The van der Waals surface area contributed by atoms with E-state index in [-0.39, 0.29) is 0 Å². The second kappa shape index (κ2) is 6.53. The summed E-state index contributed by atoms with van der Waals surface area (Å²) in [5, 5.41) is 3.45. The zero-order valence-electron chi connectivity index (χ0n) is 12.6. The van der Waals surface area contributed by atoms with Crippen LogP contribution in [0.25, 0.3) is 0 Å². The first-order valence-corrected chi connectivity index (χ1v) is 7.44. The van der Waals surface area contributed by atoms with Gasteiger partial charge in [-0.05, 0) is 49.3 Å². The molecule has 19 heavy (non-hydrogen) atoms. The lowest BCUT2D eigenvalue weighted by Gasteiger charge is -2.26. The first-order valence-electron chi connectivity index (χ1n) is 7.44. The van der Waals surface area contributed by atoms with E-state index in [1.54, 1.807) is 0 Å². The monoisotopic (exact) mass is 261 g/mol. The third-order valence-electron chi connectivity index (χ3n) is 3.95. The summed E-state index contributed by atoms with van der Waals surface area (Å²) in [6.07, 6.45) is 4.06. The van der Waals surface area contributed by atoms with Gasteiger partial charge in [0.2, 0.25) is 0 Å². The maximum atomic E-state index is 5.74. The summed E-state index contributed by atoms with van der Waals surface area (Å²) in [7, 11) is 3.87. The van der Waals surface area contributed by atoms with Crippen molar-refractivity contribution in [2.45, 2.75) is 45.3 Å². The van der Waals surface area contributed by atoms with Crippen LogP contribution in [-0.2, 0) is 11.2 Å². The number of hydrogen-bond donors (Lipinski definition) is 1. The number of hydrogen-bond acceptors (Lipinski definition) is 2. The van der Waals surface area contributed by atoms with Gasteiger partial charge in [-0.25, -0.2) is 0 Å². The molecule has 2 rings (SSSR count). The minimum Gasteiger partial charge on any atom is -0.379 e. The fraction of sp³-hybridized carbons (Fsp3) is 0.647. The Balaban J connectivity index is 2.17.